The molecule has 102 valence electrons. The van der Waals surface area contributed by atoms with Gasteiger partial charge in [-0.25, -0.2) is 8.42 Å². The molecule has 8 heteroatoms. The maximum atomic E-state index is 12.0. The first-order valence-corrected chi connectivity index (χ1v) is 7.72. The molecule has 1 aromatic rings. The zero-order valence-electron chi connectivity index (χ0n) is 10.1. The van der Waals surface area contributed by atoms with Crippen molar-refractivity contribution in [3.63, 3.8) is 0 Å². The first kappa shape index (κ1) is 15.4. The second-order valence-electron chi connectivity index (χ2n) is 4.82. The van der Waals surface area contributed by atoms with E-state index in [1.807, 2.05) is 0 Å². The SMILES string of the molecule is CC(C)(C)C(NS(=O)(=O)c1ccc(Cl)s1)C(=O)O. The highest BCUT2D eigenvalue weighted by Gasteiger charge is 2.35. The fourth-order valence-corrected chi connectivity index (χ4v) is 4.15. The predicted octanol–water partition coefficient (Wildman–Crippen LogP) is 2.18. The lowest BCUT2D eigenvalue weighted by atomic mass is 9.88. The van der Waals surface area contributed by atoms with Gasteiger partial charge >= 0.3 is 5.97 Å². The van der Waals surface area contributed by atoms with Crippen molar-refractivity contribution in [3.05, 3.63) is 16.5 Å². The molecule has 5 nitrogen and oxygen atoms in total. The lowest BCUT2D eigenvalue weighted by molar-refractivity contribution is -0.141. The van der Waals surface area contributed by atoms with Gasteiger partial charge in [0.2, 0.25) is 0 Å². The van der Waals surface area contributed by atoms with Crippen LogP contribution in [0.5, 0.6) is 0 Å². The molecule has 0 aromatic carbocycles. The van der Waals surface area contributed by atoms with Crippen molar-refractivity contribution in [1.82, 2.24) is 4.72 Å². The van der Waals surface area contributed by atoms with Gasteiger partial charge in [0.15, 0.2) is 0 Å². The largest absolute Gasteiger partial charge is 0.480 e. The number of thiophene rings is 1. The molecule has 0 saturated carbocycles. The number of carbonyl (C=O) groups is 1. The van der Waals surface area contributed by atoms with Crippen LogP contribution in [0.1, 0.15) is 20.8 Å². The molecule has 1 unspecified atom stereocenters. The first-order chi connectivity index (χ1) is 8.04. The number of carboxylic acids is 1. The summed E-state index contributed by atoms with van der Waals surface area (Å²) in [5.74, 6) is -1.21. The van der Waals surface area contributed by atoms with E-state index in [0.717, 1.165) is 11.3 Å². The van der Waals surface area contributed by atoms with Crippen LogP contribution in [-0.4, -0.2) is 25.5 Å². The predicted molar refractivity (Wildman–Crippen MR) is 70.5 cm³/mol. The van der Waals surface area contributed by atoms with Crippen molar-refractivity contribution in [2.45, 2.75) is 31.0 Å². The summed E-state index contributed by atoms with van der Waals surface area (Å²) in [7, 11) is -3.86. The molecule has 0 spiro atoms. The molecule has 0 fully saturated rings. The Morgan fingerprint density at radius 1 is 1.44 bits per heavy atom. The summed E-state index contributed by atoms with van der Waals surface area (Å²) in [4.78, 5) is 11.1. The number of sulfonamides is 1. The van der Waals surface area contributed by atoms with Gasteiger partial charge in [-0.15, -0.1) is 11.3 Å². The van der Waals surface area contributed by atoms with Crippen LogP contribution in [0.15, 0.2) is 16.3 Å². The van der Waals surface area contributed by atoms with Crippen molar-refractivity contribution in [2.75, 3.05) is 0 Å². The molecule has 2 N–H and O–H groups in total. The second-order valence-corrected chi connectivity index (χ2v) is 8.47. The van der Waals surface area contributed by atoms with E-state index in [4.69, 9.17) is 16.7 Å². The molecule has 18 heavy (non-hydrogen) atoms. The van der Waals surface area contributed by atoms with Gasteiger partial charge in [0, 0.05) is 0 Å². The molecule has 1 heterocycles. The lowest BCUT2D eigenvalue weighted by Gasteiger charge is -2.27. The molecule has 1 atom stereocenters. The van der Waals surface area contributed by atoms with E-state index < -0.39 is 27.4 Å². The standard InChI is InChI=1S/C10H14ClNO4S2/c1-10(2,3)8(9(13)14)12-18(15,16)7-5-4-6(11)17-7/h4-5,8,12H,1-3H3,(H,13,14). The highest BCUT2D eigenvalue weighted by atomic mass is 35.5. The van der Waals surface area contributed by atoms with E-state index in [1.54, 1.807) is 20.8 Å². The number of halogens is 1. The third-order valence-corrected chi connectivity index (χ3v) is 5.35. The van der Waals surface area contributed by atoms with Crippen LogP contribution in [0.3, 0.4) is 0 Å². The molecular formula is C10H14ClNO4S2. The van der Waals surface area contributed by atoms with Gasteiger partial charge in [0.1, 0.15) is 10.3 Å². The molecule has 0 radical (unpaired) electrons. The van der Waals surface area contributed by atoms with Gasteiger partial charge in [-0.1, -0.05) is 32.4 Å². The number of aliphatic carboxylic acids is 1. The highest BCUT2D eigenvalue weighted by Crippen LogP contribution is 2.27. The molecule has 0 amide bonds. The van der Waals surface area contributed by atoms with Gasteiger partial charge in [-0.2, -0.15) is 4.72 Å². The average molecular weight is 312 g/mol. The van der Waals surface area contributed by atoms with Crippen LogP contribution in [0.4, 0.5) is 0 Å². The van der Waals surface area contributed by atoms with Gasteiger partial charge in [0.05, 0.1) is 4.34 Å². The van der Waals surface area contributed by atoms with E-state index in [1.165, 1.54) is 12.1 Å². The minimum Gasteiger partial charge on any atom is -0.480 e. The zero-order chi connectivity index (χ0) is 14.1. The summed E-state index contributed by atoms with van der Waals surface area (Å²) in [5.41, 5.74) is -0.736. The van der Waals surface area contributed by atoms with Crippen molar-refractivity contribution in [2.24, 2.45) is 5.41 Å². The van der Waals surface area contributed by atoms with Crippen molar-refractivity contribution in [3.8, 4) is 0 Å². The minimum atomic E-state index is -3.86. The Bertz CT molecular complexity index is 544. The van der Waals surface area contributed by atoms with Crippen molar-refractivity contribution >= 4 is 38.9 Å². The fourth-order valence-electron chi connectivity index (χ4n) is 1.25. The van der Waals surface area contributed by atoms with E-state index in [-0.39, 0.29) is 4.21 Å². The van der Waals surface area contributed by atoms with Crippen LogP contribution in [0.25, 0.3) is 0 Å². The highest BCUT2D eigenvalue weighted by molar-refractivity contribution is 7.91. The number of nitrogens with one attached hydrogen (secondary N) is 1. The summed E-state index contributed by atoms with van der Waals surface area (Å²) in [6, 6.07) is 1.59. The van der Waals surface area contributed by atoms with Crippen LogP contribution in [0.2, 0.25) is 4.34 Å². The Labute approximate surface area is 115 Å². The lowest BCUT2D eigenvalue weighted by Crippen LogP contribution is -2.48. The maximum absolute atomic E-state index is 12.0. The van der Waals surface area contributed by atoms with E-state index in [9.17, 15) is 13.2 Å². The third-order valence-electron chi connectivity index (χ3n) is 2.20. The monoisotopic (exact) mass is 311 g/mol. The fraction of sp³-hybridized carbons (Fsp3) is 0.500. The van der Waals surface area contributed by atoms with Crippen LogP contribution >= 0.6 is 22.9 Å². The Morgan fingerprint density at radius 2 is 2.00 bits per heavy atom. The second kappa shape index (κ2) is 5.16. The third kappa shape index (κ3) is 3.68. The van der Waals surface area contributed by atoms with Gasteiger partial charge < -0.3 is 5.11 Å². The summed E-state index contributed by atoms with van der Waals surface area (Å²) >= 11 is 6.55. The minimum absolute atomic E-state index is 0.00278. The molecular weight excluding hydrogens is 298 g/mol. The van der Waals surface area contributed by atoms with Gasteiger partial charge in [-0.3, -0.25) is 4.79 Å². The first-order valence-electron chi connectivity index (χ1n) is 5.04. The summed E-state index contributed by atoms with van der Waals surface area (Å²) in [5, 5.41) is 9.07. The quantitative estimate of drug-likeness (QED) is 0.892. The molecule has 0 saturated heterocycles. The molecule has 1 rings (SSSR count). The van der Waals surface area contributed by atoms with Crippen LogP contribution in [-0.2, 0) is 14.8 Å². The topological polar surface area (TPSA) is 83.5 Å². The summed E-state index contributed by atoms with van der Waals surface area (Å²) in [6.45, 7) is 4.95. The zero-order valence-corrected chi connectivity index (χ0v) is 12.5. The smallest absolute Gasteiger partial charge is 0.322 e. The Hall–Kier alpha value is -0.630. The van der Waals surface area contributed by atoms with Gasteiger partial charge in [0.25, 0.3) is 10.0 Å². The molecule has 0 aliphatic carbocycles. The average Bonchev–Trinajstić information content (AvgIpc) is 2.60. The summed E-state index contributed by atoms with van der Waals surface area (Å²) in [6.07, 6.45) is 0. The van der Waals surface area contributed by atoms with E-state index in [2.05, 4.69) is 4.72 Å². The maximum Gasteiger partial charge on any atom is 0.322 e. The Balaban J connectivity index is 3.05. The molecule has 0 bridgehead atoms. The van der Waals surface area contributed by atoms with Crippen molar-refractivity contribution < 1.29 is 18.3 Å². The van der Waals surface area contributed by atoms with Crippen molar-refractivity contribution in [1.29, 1.82) is 0 Å². The number of carboxylic acid groups (broad SMARTS) is 1. The Morgan fingerprint density at radius 3 is 2.33 bits per heavy atom. The van der Waals surface area contributed by atoms with Crippen LogP contribution in [0, 0.1) is 5.41 Å². The Kier molecular flexibility index (Phi) is 4.42. The van der Waals surface area contributed by atoms with Gasteiger partial charge in [-0.05, 0) is 17.5 Å². The normalized spacial score (nSPS) is 14.4. The molecule has 1 aromatic heterocycles. The molecule has 0 aliphatic rings. The number of hydrogen-bond donors (Lipinski definition) is 2. The summed E-state index contributed by atoms with van der Waals surface area (Å²) < 4.78 is 26.5. The van der Waals surface area contributed by atoms with E-state index in [0.29, 0.717) is 4.34 Å². The molecule has 0 aliphatic heterocycles. The number of hydrogen-bond acceptors (Lipinski definition) is 4. The number of rotatable bonds is 4. The van der Waals surface area contributed by atoms with E-state index >= 15 is 0 Å². The van der Waals surface area contributed by atoms with Crippen LogP contribution < -0.4 is 4.72 Å².